The van der Waals surface area contributed by atoms with Gasteiger partial charge in [0.2, 0.25) is 0 Å². The standard InChI is InChI=1S/C16H15BrN2O2/c1-2-18-15(10-4-3-5-12(17)8-10)11-6-7-13-14(9-11)21-16(20)19-13/h3-9,15,18H,2H2,1H3,(H,19,20). The highest BCUT2D eigenvalue weighted by Crippen LogP contribution is 2.26. The second-order valence-corrected chi connectivity index (χ2v) is 5.73. The molecule has 1 atom stereocenters. The molecule has 1 heterocycles. The zero-order valence-electron chi connectivity index (χ0n) is 11.5. The van der Waals surface area contributed by atoms with Gasteiger partial charge in [0, 0.05) is 4.47 Å². The van der Waals surface area contributed by atoms with Crippen LogP contribution >= 0.6 is 15.9 Å². The van der Waals surface area contributed by atoms with Gasteiger partial charge in [-0.2, -0.15) is 0 Å². The fraction of sp³-hybridized carbons (Fsp3) is 0.188. The van der Waals surface area contributed by atoms with Crippen LogP contribution in [0.4, 0.5) is 0 Å². The summed E-state index contributed by atoms with van der Waals surface area (Å²) in [7, 11) is 0. The molecule has 1 aromatic heterocycles. The van der Waals surface area contributed by atoms with Crippen molar-refractivity contribution in [3.63, 3.8) is 0 Å². The number of aromatic amines is 1. The van der Waals surface area contributed by atoms with Gasteiger partial charge in [-0.05, 0) is 41.9 Å². The van der Waals surface area contributed by atoms with Gasteiger partial charge in [-0.3, -0.25) is 4.98 Å². The lowest BCUT2D eigenvalue weighted by Crippen LogP contribution is -2.21. The van der Waals surface area contributed by atoms with Crippen molar-refractivity contribution in [1.82, 2.24) is 10.3 Å². The highest BCUT2D eigenvalue weighted by Gasteiger charge is 2.14. The quantitative estimate of drug-likeness (QED) is 0.758. The van der Waals surface area contributed by atoms with E-state index in [9.17, 15) is 4.79 Å². The first-order valence-corrected chi connectivity index (χ1v) is 7.58. The van der Waals surface area contributed by atoms with Crippen LogP contribution in [-0.4, -0.2) is 11.5 Å². The maximum absolute atomic E-state index is 11.3. The fourth-order valence-electron chi connectivity index (χ4n) is 2.46. The molecule has 0 bridgehead atoms. The number of hydrogen-bond acceptors (Lipinski definition) is 3. The molecule has 0 aliphatic carbocycles. The van der Waals surface area contributed by atoms with E-state index >= 15 is 0 Å². The van der Waals surface area contributed by atoms with Crippen LogP contribution < -0.4 is 11.1 Å². The van der Waals surface area contributed by atoms with E-state index in [-0.39, 0.29) is 6.04 Å². The lowest BCUT2D eigenvalue weighted by atomic mass is 9.98. The van der Waals surface area contributed by atoms with E-state index in [0.29, 0.717) is 11.1 Å². The lowest BCUT2D eigenvalue weighted by molar-refractivity contribution is 0.553. The first-order chi connectivity index (χ1) is 10.2. The third-order valence-corrected chi connectivity index (χ3v) is 3.86. The van der Waals surface area contributed by atoms with E-state index in [1.165, 1.54) is 0 Å². The number of fused-ring (bicyclic) bond motifs is 1. The summed E-state index contributed by atoms with van der Waals surface area (Å²) in [5, 5.41) is 3.46. The zero-order valence-corrected chi connectivity index (χ0v) is 13.1. The Hall–Kier alpha value is -1.85. The van der Waals surface area contributed by atoms with Crippen molar-refractivity contribution >= 4 is 27.0 Å². The third kappa shape index (κ3) is 2.94. The number of rotatable bonds is 4. The smallest absolute Gasteiger partial charge is 0.408 e. The number of halogens is 1. The summed E-state index contributed by atoms with van der Waals surface area (Å²) >= 11 is 3.50. The Morgan fingerprint density at radius 1 is 1.24 bits per heavy atom. The largest absolute Gasteiger partial charge is 0.417 e. The number of hydrogen-bond donors (Lipinski definition) is 2. The number of nitrogens with one attached hydrogen (secondary N) is 2. The Kier molecular flexibility index (Phi) is 3.94. The van der Waals surface area contributed by atoms with E-state index in [1.54, 1.807) is 0 Å². The number of benzene rings is 2. The normalized spacial score (nSPS) is 12.7. The summed E-state index contributed by atoms with van der Waals surface area (Å²) in [4.78, 5) is 13.9. The molecule has 0 saturated carbocycles. The molecule has 3 aromatic rings. The van der Waals surface area contributed by atoms with Crippen molar-refractivity contribution in [3.8, 4) is 0 Å². The molecule has 2 N–H and O–H groups in total. The average molecular weight is 347 g/mol. The summed E-state index contributed by atoms with van der Waals surface area (Å²) < 4.78 is 6.19. The highest BCUT2D eigenvalue weighted by atomic mass is 79.9. The minimum absolute atomic E-state index is 0.0529. The van der Waals surface area contributed by atoms with E-state index < -0.39 is 5.76 Å². The van der Waals surface area contributed by atoms with E-state index in [4.69, 9.17) is 4.42 Å². The molecule has 2 aromatic carbocycles. The van der Waals surface area contributed by atoms with Crippen LogP contribution in [0, 0.1) is 0 Å². The molecule has 0 aliphatic rings. The second-order valence-electron chi connectivity index (χ2n) is 4.82. The van der Waals surface area contributed by atoms with Crippen LogP contribution in [0.25, 0.3) is 11.1 Å². The zero-order chi connectivity index (χ0) is 14.8. The summed E-state index contributed by atoms with van der Waals surface area (Å²) in [6.07, 6.45) is 0. The number of aromatic nitrogens is 1. The minimum atomic E-state index is -0.426. The number of H-pyrrole nitrogens is 1. The van der Waals surface area contributed by atoms with Crippen LogP contribution in [-0.2, 0) is 0 Å². The molecule has 5 heteroatoms. The molecule has 0 amide bonds. The van der Waals surface area contributed by atoms with Crippen LogP contribution in [0.2, 0.25) is 0 Å². The Morgan fingerprint density at radius 3 is 2.81 bits per heavy atom. The molecule has 0 saturated heterocycles. The van der Waals surface area contributed by atoms with Gasteiger partial charge in [-0.25, -0.2) is 4.79 Å². The molecule has 21 heavy (non-hydrogen) atoms. The summed E-state index contributed by atoms with van der Waals surface area (Å²) in [6, 6.07) is 14.0. The molecular weight excluding hydrogens is 332 g/mol. The molecule has 1 unspecified atom stereocenters. The van der Waals surface area contributed by atoms with Gasteiger partial charge < -0.3 is 9.73 Å². The average Bonchev–Trinajstić information content (AvgIpc) is 2.83. The Bertz CT molecular complexity index is 822. The Morgan fingerprint density at radius 2 is 2.05 bits per heavy atom. The fourth-order valence-corrected chi connectivity index (χ4v) is 2.88. The van der Waals surface area contributed by atoms with E-state index in [2.05, 4.69) is 45.3 Å². The molecular formula is C16H15BrN2O2. The van der Waals surface area contributed by atoms with Crippen LogP contribution in [0.1, 0.15) is 24.1 Å². The first-order valence-electron chi connectivity index (χ1n) is 6.79. The van der Waals surface area contributed by atoms with Gasteiger partial charge in [0.1, 0.15) is 0 Å². The van der Waals surface area contributed by atoms with Crippen molar-refractivity contribution < 1.29 is 4.42 Å². The first kappa shape index (κ1) is 14.1. The third-order valence-electron chi connectivity index (χ3n) is 3.37. The van der Waals surface area contributed by atoms with Crippen molar-refractivity contribution in [1.29, 1.82) is 0 Å². The van der Waals surface area contributed by atoms with Gasteiger partial charge in [-0.1, -0.05) is 41.1 Å². The second kappa shape index (κ2) is 5.87. The predicted molar refractivity (Wildman–Crippen MR) is 86.5 cm³/mol. The van der Waals surface area contributed by atoms with Crippen molar-refractivity contribution in [2.24, 2.45) is 0 Å². The molecule has 0 spiro atoms. The van der Waals surface area contributed by atoms with Crippen LogP contribution in [0.5, 0.6) is 0 Å². The predicted octanol–water partition coefficient (Wildman–Crippen LogP) is 3.58. The highest BCUT2D eigenvalue weighted by molar-refractivity contribution is 9.10. The van der Waals surface area contributed by atoms with E-state index in [1.807, 2.05) is 30.3 Å². The number of oxazole rings is 1. The summed E-state index contributed by atoms with van der Waals surface area (Å²) in [6.45, 7) is 2.91. The molecule has 4 nitrogen and oxygen atoms in total. The van der Waals surface area contributed by atoms with Gasteiger partial charge in [0.25, 0.3) is 0 Å². The van der Waals surface area contributed by atoms with Crippen molar-refractivity contribution in [2.45, 2.75) is 13.0 Å². The van der Waals surface area contributed by atoms with E-state index in [0.717, 1.165) is 22.1 Å². The van der Waals surface area contributed by atoms with Crippen LogP contribution in [0.15, 0.2) is 56.1 Å². The monoisotopic (exact) mass is 346 g/mol. The topological polar surface area (TPSA) is 58.0 Å². The van der Waals surface area contributed by atoms with Gasteiger partial charge >= 0.3 is 5.76 Å². The Labute approximate surface area is 130 Å². The molecule has 0 aliphatic heterocycles. The van der Waals surface area contributed by atoms with Crippen LogP contribution in [0.3, 0.4) is 0 Å². The summed E-state index contributed by atoms with van der Waals surface area (Å²) in [5.41, 5.74) is 3.51. The van der Waals surface area contributed by atoms with Crippen molar-refractivity contribution in [2.75, 3.05) is 6.54 Å². The molecule has 0 fully saturated rings. The molecule has 0 radical (unpaired) electrons. The lowest BCUT2D eigenvalue weighted by Gasteiger charge is -2.19. The molecule has 3 rings (SSSR count). The maximum atomic E-state index is 11.3. The minimum Gasteiger partial charge on any atom is -0.408 e. The Balaban J connectivity index is 2.07. The van der Waals surface area contributed by atoms with Gasteiger partial charge in [-0.15, -0.1) is 0 Å². The van der Waals surface area contributed by atoms with Gasteiger partial charge in [0.15, 0.2) is 5.58 Å². The summed E-state index contributed by atoms with van der Waals surface area (Å²) in [5.74, 6) is -0.426. The van der Waals surface area contributed by atoms with Gasteiger partial charge in [0.05, 0.1) is 11.6 Å². The SMILES string of the molecule is CCNC(c1cccc(Br)c1)c1ccc2[nH]c(=O)oc2c1. The van der Waals surface area contributed by atoms with Crippen molar-refractivity contribution in [3.05, 3.63) is 68.6 Å². The molecule has 108 valence electrons. The maximum Gasteiger partial charge on any atom is 0.417 e.